The van der Waals surface area contributed by atoms with Crippen molar-refractivity contribution in [1.29, 1.82) is 0 Å². The SMILES string of the molecule is CS(=O)(=O)CCNC(=O)C1CNc2ccccc2N1. The largest absolute Gasteiger partial charge is 0.381 e. The van der Waals surface area contributed by atoms with Gasteiger partial charge in [-0.05, 0) is 12.1 Å². The lowest BCUT2D eigenvalue weighted by molar-refractivity contribution is -0.121. The summed E-state index contributed by atoms with van der Waals surface area (Å²) in [4.78, 5) is 11.9. The molecule has 0 radical (unpaired) electrons. The lowest BCUT2D eigenvalue weighted by Crippen LogP contribution is -2.47. The molecule has 1 heterocycles. The highest BCUT2D eigenvalue weighted by Crippen LogP contribution is 2.24. The van der Waals surface area contributed by atoms with Crippen molar-refractivity contribution in [2.75, 3.05) is 35.7 Å². The quantitative estimate of drug-likeness (QED) is 0.727. The Morgan fingerprint density at radius 3 is 2.74 bits per heavy atom. The maximum absolute atomic E-state index is 11.9. The zero-order valence-electron chi connectivity index (χ0n) is 10.6. The standard InChI is InChI=1S/C12H17N3O3S/c1-19(17,18)7-6-13-12(16)11-8-14-9-4-2-3-5-10(9)15-11/h2-5,11,14-15H,6-8H2,1H3,(H,13,16). The molecule has 0 saturated heterocycles. The second-order valence-electron chi connectivity index (χ2n) is 4.54. The number of benzene rings is 1. The predicted molar refractivity (Wildman–Crippen MR) is 75.1 cm³/mol. The number of carbonyl (C=O) groups excluding carboxylic acids is 1. The summed E-state index contributed by atoms with van der Waals surface area (Å²) in [7, 11) is -3.05. The van der Waals surface area contributed by atoms with Crippen molar-refractivity contribution in [1.82, 2.24) is 5.32 Å². The van der Waals surface area contributed by atoms with Crippen LogP contribution in [-0.2, 0) is 14.6 Å². The molecule has 1 aliphatic rings. The highest BCUT2D eigenvalue weighted by molar-refractivity contribution is 7.90. The van der Waals surface area contributed by atoms with Gasteiger partial charge in [-0.3, -0.25) is 4.79 Å². The fraction of sp³-hybridized carbons (Fsp3) is 0.417. The molecule has 0 aliphatic carbocycles. The van der Waals surface area contributed by atoms with Gasteiger partial charge in [0.05, 0.1) is 17.1 Å². The van der Waals surface area contributed by atoms with E-state index in [2.05, 4.69) is 16.0 Å². The molecule has 6 nitrogen and oxygen atoms in total. The van der Waals surface area contributed by atoms with Crippen LogP contribution in [0, 0.1) is 0 Å². The van der Waals surface area contributed by atoms with Gasteiger partial charge in [-0.1, -0.05) is 12.1 Å². The first kappa shape index (κ1) is 13.7. The molecule has 0 fully saturated rings. The Hall–Kier alpha value is -1.76. The molecule has 1 unspecified atom stereocenters. The van der Waals surface area contributed by atoms with Gasteiger partial charge in [0.1, 0.15) is 15.9 Å². The molecule has 1 aromatic rings. The first-order chi connectivity index (χ1) is 8.96. The van der Waals surface area contributed by atoms with Crippen LogP contribution >= 0.6 is 0 Å². The maximum Gasteiger partial charge on any atom is 0.244 e. The molecular formula is C12H17N3O3S. The van der Waals surface area contributed by atoms with E-state index < -0.39 is 15.9 Å². The van der Waals surface area contributed by atoms with Crippen LogP contribution in [0.25, 0.3) is 0 Å². The Morgan fingerprint density at radius 1 is 1.37 bits per heavy atom. The Kier molecular flexibility index (Phi) is 3.94. The average Bonchev–Trinajstić information content (AvgIpc) is 2.36. The lowest BCUT2D eigenvalue weighted by Gasteiger charge is -2.27. The number of rotatable bonds is 4. The summed E-state index contributed by atoms with van der Waals surface area (Å²) >= 11 is 0. The van der Waals surface area contributed by atoms with Crippen molar-refractivity contribution < 1.29 is 13.2 Å². The number of amides is 1. The van der Waals surface area contributed by atoms with Gasteiger partial charge in [-0.25, -0.2) is 8.42 Å². The topological polar surface area (TPSA) is 87.3 Å². The van der Waals surface area contributed by atoms with Crippen LogP contribution < -0.4 is 16.0 Å². The van der Waals surface area contributed by atoms with E-state index in [4.69, 9.17) is 0 Å². The van der Waals surface area contributed by atoms with Crippen LogP contribution in [0.3, 0.4) is 0 Å². The number of para-hydroxylation sites is 2. The van der Waals surface area contributed by atoms with Gasteiger partial charge in [0.25, 0.3) is 0 Å². The molecular weight excluding hydrogens is 266 g/mol. The van der Waals surface area contributed by atoms with Crippen LogP contribution in [0.5, 0.6) is 0 Å². The summed E-state index contributed by atoms with van der Waals surface area (Å²) < 4.78 is 21.9. The Balaban J connectivity index is 1.89. The van der Waals surface area contributed by atoms with Crippen LogP contribution in [0.4, 0.5) is 11.4 Å². The van der Waals surface area contributed by atoms with Crippen molar-refractivity contribution in [2.24, 2.45) is 0 Å². The van der Waals surface area contributed by atoms with E-state index in [1.54, 1.807) is 0 Å². The number of sulfone groups is 1. The maximum atomic E-state index is 11.9. The molecule has 1 aliphatic heterocycles. The summed E-state index contributed by atoms with van der Waals surface area (Å²) in [6.07, 6.45) is 1.15. The molecule has 0 aromatic heterocycles. The van der Waals surface area contributed by atoms with Gasteiger partial charge >= 0.3 is 0 Å². The van der Waals surface area contributed by atoms with Gasteiger partial charge in [0, 0.05) is 19.3 Å². The summed E-state index contributed by atoms with van der Waals surface area (Å²) in [5.74, 6) is -0.249. The van der Waals surface area contributed by atoms with E-state index in [0.29, 0.717) is 6.54 Å². The minimum Gasteiger partial charge on any atom is -0.381 e. The van der Waals surface area contributed by atoms with Crippen molar-refractivity contribution in [3.05, 3.63) is 24.3 Å². The summed E-state index contributed by atoms with van der Waals surface area (Å²) in [6.45, 7) is 0.610. The molecule has 7 heteroatoms. The molecule has 0 saturated carbocycles. The highest BCUT2D eigenvalue weighted by Gasteiger charge is 2.23. The van der Waals surface area contributed by atoms with E-state index in [1.165, 1.54) is 0 Å². The first-order valence-corrected chi connectivity index (χ1v) is 8.06. The van der Waals surface area contributed by atoms with Crippen LogP contribution in [0.15, 0.2) is 24.3 Å². The van der Waals surface area contributed by atoms with Gasteiger partial charge in [0.2, 0.25) is 5.91 Å². The molecule has 104 valence electrons. The molecule has 1 amide bonds. The lowest BCUT2D eigenvalue weighted by atomic mass is 10.1. The summed E-state index contributed by atoms with van der Waals surface area (Å²) in [5, 5.41) is 8.90. The van der Waals surface area contributed by atoms with E-state index >= 15 is 0 Å². The molecule has 3 N–H and O–H groups in total. The molecule has 0 bridgehead atoms. The highest BCUT2D eigenvalue weighted by atomic mass is 32.2. The molecule has 1 aromatic carbocycles. The van der Waals surface area contributed by atoms with Gasteiger partial charge in [0.15, 0.2) is 0 Å². The van der Waals surface area contributed by atoms with Crippen molar-refractivity contribution in [2.45, 2.75) is 6.04 Å². The molecule has 19 heavy (non-hydrogen) atoms. The zero-order valence-corrected chi connectivity index (χ0v) is 11.5. The molecule has 1 atom stereocenters. The normalized spacial score (nSPS) is 17.8. The van der Waals surface area contributed by atoms with E-state index in [1.807, 2.05) is 24.3 Å². The smallest absolute Gasteiger partial charge is 0.244 e. The van der Waals surface area contributed by atoms with Crippen LogP contribution in [-0.4, -0.2) is 45.5 Å². The van der Waals surface area contributed by atoms with E-state index in [0.717, 1.165) is 17.6 Å². The second kappa shape index (κ2) is 5.48. The van der Waals surface area contributed by atoms with Crippen molar-refractivity contribution in [3.63, 3.8) is 0 Å². The molecule has 0 spiro atoms. The van der Waals surface area contributed by atoms with Gasteiger partial charge in [-0.15, -0.1) is 0 Å². The average molecular weight is 283 g/mol. The van der Waals surface area contributed by atoms with E-state index in [9.17, 15) is 13.2 Å². The summed E-state index contributed by atoms with van der Waals surface area (Å²) in [6, 6.07) is 7.23. The number of anilines is 2. The summed E-state index contributed by atoms with van der Waals surface area (Å²) in [5.41, 5.74) is 1.83. The Morgan fingerprint density at radius 2 is 2.05 bits per heavy atom. The fourth-order valence-corrected chi connectivity index (χ4v) is 2.33. The minimum atomic E-state index is -3.05. The molecule has 2 rings (SSSR count). The fourth-order valence-electron chi connectivity index (χ4n) is 1.85. The first-order valence-electron chi connectivity index (χ1n) is 6.00. The monoisotopic (exact) mass is 283 g/mol. The van der Waals surface area contributed by atoms with Crippen molar-refractivity contribution >= 4 is 27.1 Å². The predicted octanol–water partition coefficient (Wildman–Crippen LogP) is 0.0534. The Bertz CT molecular complexity index is 571. The minimum absolute atomic E-state index is 0.0462. The zero-order chi connectivity index (χ0) is 13.9. The number of hydrogen-bond donors (Lipinski definition) is 3. The van der Waals surface area contributed by atoms with Crippen LogP contribution in [0.1, 0.15) is 0 Å². The third-order valence-corrected chi connectivity index (χ3v) is 3.79. The van der Waals surface area contributed by atoms with Gasteiger partial charge < -0.3 is 16.0 Å². The third-order valence-electron chi connectivity index (χ3n) is 2.84. The van der Waals surface area contributed by atoms with Crippen LogP contribution in [0.2, 0.25) is 0 Å². The number of hydrogen-bond acceptors (Lipinski definition) is 5. The third kappa shape index (κ3) is 3.85. The second-order valence-corrected chi connectivity index (χ2v) is 6.80. The number of fused-ring (bicyclic) bond motifs is 1. The van der Waals surface area contributed by atoms with Crippen molar-refractivity contribution in [3.8, 4) is 0 Å². The van der Waals surface area contributed by atoms with Gasteiger partial charge in [-0.2, -0.15) is 0 Å². The number of carbonyl (C=O) groups is 1. The Labute approximate surface area is 112 Å². The number of nitrogens with one attached hydrogen (secondary N) is 3. The van der Waals surface area contributed by atoms with E-state index in [-0.39, 0.29) is 18.2 Å².